The number of nitrogen functional groups attached to an aromatic ring is 1. The second-order valence-electron chi connectivity index (χ2n) is 6.30. The molecule has 1 aromatic carbocycles. The molecule has 3 aromatic heterocycles. The summed E-state index contributed by atoms with van der Waals surface area (Å²) < 4.78 is 8.83. The molecule has 0 bridgehead atoms. The van der Waals surface area contributed by atoms with E-state index in [4.69, 9.17) is 15.5 Å². The summed E-state index contributed by atoms with van der Waals surface area (Å²) in [6, 6.07) is 9.97. The van der Waals surface area contributed by atoms with Crippen LogP contribution in [0.5, 0.6) is 5.75 Å². The molecule has 4 rings (SSSR count). The molecule has 7 heteroatoms. The summed E-state index contributed by atoms with van der Waals surface area (Å²) in [6.45, 7) is 2.60. The molecule has 3 heterocycles. The lowest BCUT2D eigenvalue weighted by molar-refractivity contribution is 0.414. The quantitative estimate of drug-likeness (QED) is 0.613. The summed E-state index contributed by atoms with van der Waals surface area (Å²) in [7, 11) is 3.52. The van der Waals surface area contributed by atoms with Crippen molar-refractivity contribution in [1.29, 1.82) is 0 Å². The zero-order valence-electron chi connectivity index (χ0n) is 15.0. The maximum atomic E-state index is 6.08. The van der Waals surface area contributed by atoms with Crippen molar-refractivity contribution in [2.45, 2.75) is 13.5 Å². The Kier molecular flexibility index (Phi) is 3.84. The van der Waals surface area contributed by atoms with Crippen LogP contribution in [0.25, 0.3) is 22.2 Å². The van der Waals surface area contributed by atoms with Crippen molar-refractivity contribution in [2.24, 2.45) is 7.05 Å². The number of anilines is 1. The van der Waals surface area contributed by atoms with E-state index in [1.807, 2.05) is 61.4 Å². The third-order valence-electron chi connectivity index (χ3n) is 4.38. The lowest BCUT2D eigenvalue weighted by Crippen LogP contribution is -2.03. The molecular weight excluding hydrogens is 328 g/mol. The van der Waals surface area contributed by atoms with E-state index >= 15 is 0 Å². The monoisotopic (exact) mass is 348 g/mol. The number of hydrogen-bond donors (Lipinski definition) is 1. The molecule has 0 spiro atoms. The summed E-state index contributed by atoms with van der Waals surface area (Å²) >= 11 is 0. The van der Waals surface area contributed by atoms with Crippen molar-refractivity contribution in [1.82, 2.24) is 24.5 Å². The number of aryl methyl sites for hydroxylation is 2. The second kappa shape index (κ2) is 6.18. The number of nitrogens with zero attached hydrogens (tertiary/aromatic N) is 5. The van der Waals surface area contributed by atoms with Gasteiger partial charge in [0.1, 0.15) is 5.75 Å². The van der Waals surface area contributed by atoms with Gasteiger partial charge < -0.3 is 10.5 Å². The van der Waals surface area contributed by atoms with Gasteiger partial charge in [-0.2, -0.15) is 10.2 Å². The summed E-state index contributed by atoms with van der Waals surface area (Å²) in [4.78, 5) is 4.70. The maximum Gasteiger partial charge on any atom is 0.158 e. The average Bonchev–Trinajstić information content (AvgIpc) is 3.17. The highest BCUT2D eigenvalue weighted by molar-refractivity contribution is 5.95. The fourth-order valence-corrected chi connectivity index (χ4v) is 3.13. The molecule has 0 atom stereocenters. The standard InChI is InChI=1S/C19H20N6O/c1-12-8-15(17-11-24(2)23-18(17)20)16-9-21-25(19(16)22-12)10-13-4-6-14(26-3)7-5-13/h4-9,11H,10H2,1-3H3,(H2,20,23). The third-order valence-corrected chi connectivity index (χ3v) is 4.38. The van der Waals surface area contributed by atoms with Crippen LogP contribution in [-0.4, -0.2) is 31.7 Å². The number of rotatable bonds is 4. The normalized spacial score (nSPS) is 11.2. The van der Waals surface area contributed by atoms with Crippen molar-refractivity contribution in [3.8, 4) is 16.9 Å². The first-order valence-electron chi connectivity index (χ1n) is 8.30. The molecule has 132 valence electrons. The molecule has 7 nitrogen and oxygen atoms in total. The molecule has 4 aromatic rings. The highest BCUT2D eigenvalue weighted by Crippen LogP contribution is 2.32. The summed E-state index contributed by atoms with van der Waals surface area (Å²) in [6.07, 6.45) is 3.76. The molecular formula is C19H20N6O. The number of pyridine rings is 1. The molecule has 2 N–H and O–H groups in total. The van der Waals surface area contributed by atoms with Gasteiger partial charge in [-0.25, -0.2) is 9.67 Å². The number of methoxy groups -OCH3 is 1. The van der Waals surface area contributed by atoms with Gasteiger partial charge in [0, 0.05) is 35.5 Å². The van der Waals surface area contributed by atoms with Crippen molar-refractivity contribution in [3.63, 3.8) is 0 Å². The summed E-state index contributed by atoms with van der Waals surface area (Å²) in [5.41, 5.74) is 10.8. The number of aromatic nitrogens is 5. The van der Waals surface area contributed by atoms with Crippen LogP contribution in [0, 0.1) is 6.92 Å². The third kappa shape index (κ3) is 2.77. The predicted octanol–water partition coefficient (Wildman–Crippen LogP) is 2.78. The highest BCUT2D eigenvalue weighted by Gasteiger charge is 2.15. The van der Waals surface area contributed by atoms with Gasteiger partial charge in [-0.05, 0) is 30.7 Å². The van der Waals surface area contributed by atoms with E-state index in [2.05, 4.69) is 10.2 Å². The molecule has 0 amide bonds. The molecule has 0 saturated heterocycles. The predicted molar refractivity (Wildman–Crippen MR) is 101 cm³/mol. The molecule has 26 heavy (non-hydrogen) atoms. The van der Waals surface area contributed by atoms with Crippen LogP contribution in [0.2, 0.25) is 0 Å². The number of benzene rings is 1. The Bertz CT molecular complexity index is 1080. The SMILES string of the molecule is COc1ccc(Cn2ncc3c(-c4cn(C)nc4N)cc(C)nc32)cc1. The van der Waals surface area contributed by atoms with Crippen molar-refractivity contribution >= 4 is 16.9 Å². The van der Waals surface area contributed by atoms with Crippen LogP contribution < -0.4 is 10.5 Å². The minimum absolute atomic E-state index is 0.502. The van der Waals surface area contributed by atoms with Crippen molar-refractivity contribution < 1.29 is 4.74 Å². The van der Waals surface area contributed by atoms with Gasteiger partial charge in [-0.1, -0.05) is 12.1 Å². The number of ether oxygens (including phenoxy) is 1. The Hall–Kier alpha value is -3.35. The van der Waals surface area contributed by atoms with E-state index in [9.17, 15) is 0 Å². The smallest absolute Gasteiger partial charge is 0.158 e. The van der Waals surface area contributed by atoms with Crippen LogP contribution in [0.1, 0.15) is 11.3 Å². The highest BCUT2D eigenvalue weighted by atomic mass is 16.5. The van der Waals surface area contributed by atoms with E-state index in [0.717, 1.165) is 39.2 Å². The second-order valence-corrected chi connectivity index (χ2v) is 6.30. The first kappa shape index (κ1) is 16.1. The minimum Gasteiger partial charge on any atom is -0.497 e. The molecule has 0 radical (unpaired) electrons. The minimum atomic E-state index is 0.502. The van der Waals surface area contributed by atoms with E-state index in [-0.39, 0.29) is 0 Å². The Morgan fingerprint density at radius 3 is 2.58 bits per heavy atom. The molecule has 0 aliphatic carbocycles. The zero-order chi connectivity index (χ0) is 18.3. The van der Waals surface area contributed by atoms with Gasteiger partial charge in [0.25, 0.3) is 0 Å². The van der Waals surface area contributed by atoms with Crippen molar-refractivity contribution in [3.05, 3.63) is 54.0 Å². The Morgan fingerprint density at radius 1 is 1.15 bits per heavy atom. The van der Waals surface area contributed by atoms with Gasteiger partial charge in [0.15, 0.2) is 11.5 Å². The zero-order valence-corrected chi connectivity index (χ0v) is 15.0. The number of hydrogen-bond acceptors (Lipinski definition) is 5. The van der Waals surface area contributed by atoms with Crippen LogP contribution >= 0.6 is 0 Å². The van der Waals surface area contributed by atoms with Gasteiger partial charge in [0.05, 0.1) is 19.9 Å². The number of fused-ring (bicyclic) bond motifs is 1. The van der Waals surface area contributed by atoms with Crippen LogP contribution in [-0.2, 0) is 13.6 Å². The van der Waals surface area contributed by atoms with Gasteiger partial charge in [-0.15, -0.1) is 0 Å². The summed E-state index contributed by atoms with van der Waals surface area (Å²) in [5, 5.41) is 9.76. The number of nitrogens with two attached hydrogens (primary N) is 1. The van der Waals surface area contributed by atoms with E-state index in [0.29, 0.717) is 12.4 Å². The first-order chi connectivity index (χ1) is 12.5. The fourth-order valence-electron chi connectivity index (χ4n) is 3.13. The lowest BCUT2D eigenvalue weighted by atomic mass is 10.1. The maximum absolute atomic E-state index is 6.08. The fraction of sp³-hybridized carbons (Fsp3) is 0.211. The topological polar surface area (TPSA) is 83.8 Å². The molecule has 0 saturated carbocycles. The Morgan fingerprint density at radius 2 is 1.92 bits per heavy atom. The van der Waals surface area contributed by atoms with Crippen LogP contribution in [0.15, 0.2) is 42.7 Å². The van der Waals surface area contributed by atoms with Gasteiger partial charge >= 0.3 is 0 Å². The van der Waals surface area contributed by atoms with Crippen molar-refractivity contribution in [2.75, 3.05) is 12.8 Å². The molecule has 0 aliphatic rings. The van der Waals surface area contributed by atoms with E-state index < -0.39 is 0 Å². The largest absolute Gasteiger partial charge is 0.497 e. The van der Waals surface area contributed by atoms with Gasteiger partial charge in [0.2, 0.25) is 0 Å². The average molecular weight is 348 g/mol. The van der Waals surface area contributed by atoms with E-state index in [1.165, 1.54) is 0 Å². The Labute approximate surface area is 151 Å². The van der Waals surface area contributed by atoms with Crippen LogP contribution in [0.4, 0.5) is 5.82 Å². The van der Waals surface area contributed by atoms with Crippen LogP contribution in [0.3, 0.4) is 0 Å². The van der Waals surface area contributed by atoms with Gasteiger partial charge in [-0.3, -0.25) is 4.68 Å². The lowest BCUT2D eigenvalue weighted by Gasteiger charge is -2.07. The molecule has 0 fully saturated rings. The summed E-state index contributed by atoms with van der Waals surface area (Å²) in [5.74, 6) is 1.34. The van der Waals surface area contributed by atoms with E-state index in [1.54, 1.807) is 11.8 Å². The molecule has 0 unspecified atom stereocenters. The first-order valence-corrected chi connectivity index (χ1v) is 8.30. The molecule has 0 aliphatic heterocycles. The Balaban J connectivity index is 1.79.